The van der Waals surface area contributed by atoms with Gasteiger partial charge in [0.05, 0.1) is 18.3 Å². The second-order valence-corrected chi connectivity index (χ2v) is 9.58. The largest absolute Gasteiger partial charge is 0.491 e. The first-order valence-electron chi connectivity index (χ1n) is 12.1. The van der Waals surface area contributed by atoms with Crippen LogP contribution in [0.15, 0.2) is 66.3 Å². The Kier molecular flexibility index (Phi) is 7.76. The molecule has 1 aliphatic rings. The zero-order chi connectivity index (χ0) is 25.6. The molecule has 1 aromatic carbocycles. The van der Waals surface area contributed by atoms with Crippen LogP contribution >= 0.6 is 11.3 Å². The fourth-order valence-electron chi connectivity index (χ4n) is 4.51. The number of nitrogens with one attached hydrogen (secondary N) is 1. The SMILES string of the molecule is COCCOc1ccc(N2CCC[C@@H]2c2csc(NC(=O)c3cccn3Cc3ccnc(F)c3)n2)cc1. The number of carbonyl (C=O) groups excluding carboxylic acids is 1. The number of benzene rings is 1. The van der Waals surface area contributed by atoms with E-state index in [2.05, 4.69) is 27.3 Å². The van der Waals surface area contributed by atoms with Crippen LogP contribution in [0.5, 0.6) is 5.75 Å². The quantitative estimate of drug-likeness (QED) is 0.230. The number of anilines is 2. The number of halogens is 1. The fourth-order valence-corrected chi connectivity index (χ4v) is 5.27. The van der Waals surface area contributed by atoms with Crippen LogP contribution in [0.3, 0.4) is 0 Å². The van der Waals surface area contributed by atoms with E-state index < -0.39 is 5.95 Å². The smallest absolute Gasteiger partial charge is 0.274 e. The molecule has 4 heterocycles. The zero-order valence-corrected chi connectivity index (χ0v) is 21.3. The van der Waals surface area contributed by atoms with Crippen molar-refractivity contribution >= 4 is 28.1 Å². The summed E-state index contributed by atoms with van der Waals surface area (Å²) < 4.78 is 26.0. The van der Waals surface area contributed by atoms with Gasteiger partial charge in [-0.2, -0.15) is 4.39 Å². The molecule has 0 unspecified atom stereocenters. The van der Waals surface area contributed by atoms with E-state index in [1.165, 1.54) is 23.6 Å². The van der Waals surface area contributed by atoms with E-state index in [1.807, 2.05) is 17.5 Å². The Morgan fingerprint density at radius 2 is 2.08 bits per heavy atom. The lowest BCUT2D eigenvalue weighted by atomic mass is 10.1. The first-order valence-corrected chi connectivity index (χ1v) is 13.0. The topological polar surface area (TPSA) is 81.5 Å². The first-order chi connectivity index (χ1) is 18.1. The maximum atomic E-state index is 13.5. The average Bonchev–Trinajstić information content (AvgIpc) is 3.66. The van der Waals surface area contributed by atoms with Crippen LogP contribution in [0.25, 0.3) is 0 Å². The van der Waals surface area contributed by atoms with Crippen molar-refractivity contribution in [1.29, 1.82) is 0 Å². The Labute approximate surface area is 218 Å². The second-order valence-electron chi connectivity index (χ2n) is 8.73. The predicted octanol–water partition coefficient (Wildman–Crippen LogP) is 5.15. The van der Waals surface area contributed by atoms with Crippen molar-refractivity contribution in [2.45, 2.75) is 25.4 Å². The van der Waals surface area contributed by atoms with Gasteiger partial charge in [0.25, 0.3) is 5.91 Å². The van der Waals surface area contributed by atoms with Crippen LogP contribution in [0.1, 0.15) is 40.6 Å². The summed E-state index contributed by atoms with van der Waals surface area (Å²) in [5.41, 5.74) is 3.26. The van der Waals surface area contributed by atoms with Crippen molar-refractivity contribution in [3.05, 3.63) is 89.2 Å². The number of hydrogen-bond donors (Lipinski definition) is 1. The second kappa shape index (κ2) is 11.5. The highest BCUT2D eigenvalue weighted by atomic mass is 32.1. The summed E-state index contributed by atoms with van der Waals surface area (Å²) in [5, 5.41) is 5.49. The summed E-state index contributed by atoms with van der Waals surface area (Å²) in [6.07, 6.45) is 5.28. The average molecular weight is 522 g/mol. The maximum Gasteiger partial charge on any atom is 0.274 e. The number of pyridine rings is 1. The highest BCUT2D eigenvalue weighted by molar-refractivity contribution is 7.14. The number of nitrogens with zero attached hydrogens (tertiary/aromatic N) is 4. The van der Waals surface area contributed by atoms with Gasteiger partial charge in [-0.25, -0.2) is 9.97 Å². The van der Waals surface area contributed by atoms with Gasteiger partial charge in [-0.1, -0.05) is 0 Å². The van der Waals surface area contributed by atoms with Gasteiger partial charge in [0, 0.05) is 43.7 Å². The first kappa shape index (κ1) is 24.9. The number of amides is 1. The molecule has 1 saturated heterocycles. The zero-order valence-electron chi connectivity index (χ0n) is 20.5. The minimum Gasteiger partial charge on any atom is -0.491 e. The summed E-state index contributed by atoms with van der Waals surface area (Å²) in [5.74, 6) is 0.0140. The molecule has 8 nitrogen and oxygen atoms in total. The number of ether oxygens (including phenoxy) is 2. The van der Waals surface area contributed by atoms with Crippen molar-refractivity contribution < 1.29 is 18.7 Å². The van der Waals surface area contributed by atoms with Crippen molar-refractivity contribution in [2.24, 2.45) is 0 Å². The Hall–Kier alpha value is -3.76. The number of aromatic nitrogens is 3. The highest BCUT2D eigenvalue weighted by Crippen LogP contribution is 2.37. The summed E-state index contributed by atoms with van der Waals surface area (Å²) in [4.78, 5) is 23.7. The van der Waals surface area contributed by atoms with E-state index in [0.29, 0.717) is 30.6 Å². The van der Waals surface area contributed by atoms with Crippen LogP contribution in [-0.4, -0.2) is 47.3 Å². The molecule has 1 amide bonds. The fraction of sp³-hybridized carbons (Fsp3) is 0.296. The lowest BCUT2D eigenvalue weighted by Gasteiger charge is -2.25. The van der Waals surface area contributed by atoms with Crippen molar-refractivity contribution in [1.82, 2.24) is 14.5 Å². The van der Waals surface area contributed by atoms with E-state index in [-0.39, 0.29) is 11.9 Å². The van der Waals surface area contributed by atoms with E-state index in [0.717, 1.165) is 42.1 Å². The molecule has 4 aromatic rings. The monoisotopic (exact) mass is 521 g/mol. The van der Waals surface area contributed by atoms with Crippen LogP contribution in [0, 0.1) is 5.95 Å². The third-order valence-electron chi connectivity index (χ3n) is 6.27. The van der Waals surface area contributed by atoms with Gasteiger partial charge in [0.15, 0.2) is 5.13 Å². The molecule has 3 aromatic heterocycles. The summed E-state index contributed by atoms with van der Waals surface area (Å²) in [7, 11) is 1.65. The Morgan fingerprint density at radius 1 is 1.22 bits per heavy atom. The molecule has 0 saturated carbocycles. The summed E-state index contributed by atoms with van der Waals surface area (Å²) >= 11 is 1.42. The van der Waals surface area contributed by atoms with Gasteiger partial charge in [0.1, 0.15) is 18.1 Å². The predicted molar refractivity (Wildman–Crippen MR) is 141 cm³/mol. The van der Waals surface area contributed by atoms with E-state index >= 15 is 0 Å². The van der Waals surface area contributed by atoms with Crippen molar-refractivity contribution in [2.75, 3.05) is 37.1 Å². The van der Waals surface area contributed by atoms with Gasteiger partial charge in [-0.3, -0.25) is 10.1 Å². The summed E-state index contributed by atoms with van der Waals surface area (Å²) in [6.45, 7) is 2.38. The number of rotatable bonds is 10. The normalized spacial score (nSPS) is 15.2. The molecule has 37 heavy (non-hydrogen) atoms. The molecular weight excluding hydrogens is 493 g/mol. The van der Waals surface area contributed by atoms with Crippen LogP contribution in [0.2, 0.25) is 0 Å². The van der Waals surface area contributed by atoms with Crippen molar-refractivity contribution in [3.8, 4) is 5.75 Å². The summed E-state index contributed by atoms with van der Waals surface area (Å²) in [6, 6.07) is 14.9. The molecule has 0 radical (unpaired) electrons. The molecule has 10 heteroatoms. The van der Waals surface area contributed by atoms with Gasteiger partial charge in [-0.15, -0.1) is 11.3 Å². The lowest BCUT2D eigenvalue weighted by Crippen LogP contribution is -2.23. The minimum atomic E-state index is -0.543. The van der Waals surface area contributed by atoms with E-state index in [9.17, 15) is 9.18 Å². The number of carbonyl (C=O) groups is 1. The Morgan fingerprint density at radius 3 is 2.89 bits per heavy atom. The maximum absolute atomic E-state index is 13.5. The highest BCUT2D eigenvalue weighted by Gasteiger charge is 2.28. The molecule has 0 spiro atoms. The molecule has 1 fully saturated rings. The van der Waals surface area contributed by atoms with Gasteiger partial charge in [-0.05, 0) is 66.9 Å². The molecular formula is C27H28FN5O3S. The third-order valence-corrected chi connectivity index (χ3v) is 7.04. The van der Waals surface area contributed by atoms with Crippen molar-refractivity contribution in [3.63, 3.8) is 0 Å². The lowest BCUT2D eigenvalue weighted by molar-refractivity contribution is 0.101. The number of thiazole rings is 1. The molecule has 5 rings (SSSR count). The Bertz CT molecular complexity index is 1340. The molecule has 0 aliphatic carbocycles. The van der Waals surface area contributed by atoms with Gasteiger partial charge >= 0.3 is 0 Å². The molecule has 0 bridgehead atoms. The van der Waals surface area contributed by atoms with Crippen LogP contribution in [0.4, 0.5) is 15.2 Å². The molecule has 1 N–H and O–H groups in total. The molecule has 1 atom stereocenters. The molecule has 192 valence electrons. The Balaban J connectivity index is 1.24. The van der Waals surface area contributed by atoms with Gasteiger partial charge < -0.3 is 18.9 Å². The van der Waals surface area contributed by atoms with Crippen LogP contribution < -0.4 is 15.0 Å². The van der Waals surface area contributed by atoms with E-state index in [1.54, 1.807) is 36.1 Å². The van der Waals surface area contributed by atoms with E-state index in [4.69, 9.17) is 14.5 Å². The van der Waals surface area contributed by atoms with Crippen LogP contribution in [-0.2, 0) is 11.3 Å². The standard InChI is InChI=1S/C27H28FN5O3S/c1-35-14-15-36-21-8-6-20(7-9-21)33-13-3-4-23(33)22-18-37-27(30-22)31-26(34)24-5-2-12-32(24)17-19-10-11-29-25(28)16-19/h2,5-12,16,18,23H,3-4,13-15,17H2,1H3,(H,30,31,34)/t23-/m1/s1. The molecule has 1 aliphatic heterocycles. The number of hydrogen-bond acceptors (Lipinski definition) is 7. The third kappa shape index (κ3) is 5.98. The minimum absolute atomic E-state index is 0.146. The number of methoxy groups -OCH3 is 1. The van der Waals surface area contributed by atoms with Gasteiger partial charge in [0.2, 0.25) is 5.95 Å².